The number of aryl methyl sites for hydroxylation is 1. The van der Waals surface area contributed by atoms with Gasteiger partial charge in [-0.25, -0.2) is 4.79 Å². The molecule has 0 radical (unpaired) electrons. The van der Waals surface area contributed by atoms with Gasteiger partial charge in [-0.1, -0.05) is 63.1 Å². The minimum absolute atomic E-state index is 0.0134. The first-order chi connectivity index (χ1) is 22.9. The summed E-state index contributed by atoms with van der Waals surface area (Å²) >= 11 is 0. The Balaban J connectivity index is 1.34. The Morgan fingerprint density at radius 3 is 2.68 bits per heavy atom. The Hall–Kier alpha value is -2.91. The van der Waals surface area contributed by atoms with E-state index in [9.17, 15) is 20.1 Å². The molecule has 6 rings (SSSR count). The van der Waals surface area contributed by atoms with E-state index in [2.05, 4.69) is 61.2 Å². The SMILES string of the molecule is CCCCCc1cccc(C[C@H]2C[C@@H]3[C@H]4C(=CCCN3[C@H]([C@@H](O)[C@H]3C=CC[C@@H](C)C3)C2)OC(=C2OC(=O)C(CO)=C2OC)[C@H]4CO)c1. The quantitative estimate of drug-likeness (QED) is 0.162. The van der Waals surface area contributed by atoms with Gasteiger partial charge in [0.15, 0.2) is 11.5 Å². The van der Waals surface area contributed by atoms with Crippen LogP contribution < -0.4 is 0 Å². The molecule has 0 amide bonds. The standard InChI is InChI=1S/C39H53NO7/c1-4-5-6-11-25-12-8-13-26(18-25)19-27-20-31-34-29(22-41)37(38-36(45-3)30(23-42)39(44)47-38)46-33(34)15-9-16-40(31)32(21-27)35(43)28-14-7-10-24(2)17-28/h7-8,12-15,18,24,27-29,31-32,34-35,41-43H,4-6,9-11,16-17,19-23H2,1-3H3/t24-,27+,28+,29+,31-,32+,34+,35+/m1/s1. The highest BCUT2D eigenvalue weighted by atomic mass is 16.6. The highest BCUT2D eigenvalue weighted by Gasteiger charge is 2.53. The summed E-state index contributed by atoms with van der Waals surface area (Å²) < 4.78 is 17.6. The lowest BCUT2D eigenvalue weighted by atomic mass is 9.71. The van der Waals surface area contributed by atoms with Crippen molar-refractivity contribution in [2.75, 3.05) is 26.9 Å². The van der Waals surface area contributed by atoms with Crippen molar-refractivity contribution in [2.45, 2.75) is 96.2 Å². The second-order valence-corrected chi connectivity index (χ2v) is 14.4. The molecule has 1 aromatic rings. The van der Waals surface area contributed by atoms with Crippen molar-refractivity contribution in [3.8, 4) is 0 Å². The fraction of sp³-hybridized carbons (Fsp3) is 0.615. The van der Waals surface area contributed by atoms with Gasteiger partial charge >= 0.3 is 5.97 Å². The molecule has 4 heterocycles. The molecule has 0 saturated carbocycles. The second-order valence-electron chi connectivity index (χ2n) is 14.4. The van der Waals surface area contributed by atoms with E-state index < -0.39 is 24.6 Å². The van der Waals surface area contributed by atoms with Crippen LogP contribution in [-0.4, -0.2) is 71.2 Å². The number of esters is 1. The number of piperidine rings is 1. The number of ether oxygens (including phenoxy) is 3. The number of carbonyl (C=O) groups is 1. The first kappa shape index (κ1) is 34.0. The molecule has 3 N–H and O–H groups in total. The topological polar surface area (TPSA) is 109 Å². The van der Waals surface area contributed by atoms with E-state index in [1.165, 1.54) is 37.5 Å². The van der Waals surface area contributed by atoms with E-state index in [0.29, 0.717) is 17.6 Å². The van der Waals surface area contributed by atoms with Crippen molar-refractivity contribution in [1.82, 2.24) is 4.90 Å². The van der Waals surface area contributed by atoms with E-state index in [4.69, 9.17) is 14.2 Å². The van der Waals surface area contributed by atoms with Crippen LogP contribution in [0, 0.1) is 29.6 Å². The molecule has 2 saturated heterocycles. The summed E-state index contributed by atoms with van der Waals surface area (Å²) in [5.74, 6) is 1.13. The van der Waals surface area contributed by atoms with Gasteiger partial charge in [0.05, 0.1) is 32.3 Å². The van der Waals surface area contributed by atoms with E-state index in [-0.39, 0.29) is 47.6 Å². The van der Waals surface area contributed by atoms with Crippen molar-refractivity contribution < 1.29 is 34.3 Å². The number of nitrogens with zero attached hydrogens (tertiary/aromatic N) is 1. The van der Waals surface area contributed by atoms with Crippen LogP contribution in [-0.2, 0) is 31.8 Å². The number of fused-ring (bicyclic) bond motifs is 3. The molecule has 47 heavy (non-hydrogen) atoms. The largest absolute Gasteiger partial charge is 0.492 e. The zero-order chi connectivity index (χ0) is 33.1. The Bertz CT molecular complexity index is 1410. The predicted octanol–water partition coefficient (Wildman–Crippen LogP) is 5.58. The summed E-state index contributed by atoms with van der Waals surface area (Å²) in [5.41, 5.74) is 2.78. The summed E-state index contributed by atoms with van der Waals surface area (Å²) in [6.45, 7) is 4.60. The average molecular weight is 648 g/mol. The summed E-state index contributed by atoms with van der Waals surface area (Å²) in [6, 6.07) is 9.03. The Kier molecular flexibility index (Phi) is 10.9. The molecule has 0 bridgehead atoms. The third-order valence-electron chi connectivity index (χ3n) is 11.2. The van der Waals surface area contributed by atoms with E-state index in [1.54, 1.807) is 0 Å². The summed E-state index contributed by atoms with van der Waals surface area (Å²) in [7, 11) is 1.44. The van der Waals surface area contributed by atoms with Gasteiger partial charge in [-0.2, -0.15) is 0 Å². The van der Waals surface area contributed by atoms with Gasteiger partial charge in [0.2, 0.25) is 5.76 Å². The van der Waals surface area contributed by atoms with Crippen LogP contribution in [0.25, 0.3) is 0 Å². The number of unbranched alkanes of at least 4 members (excludes halogenated alkanes) is 2. The zero-order valence-corrected chi connectivity index (χ0v) is 28.3. The lowest BCUT2D eigenvalue weighted by Gasteiger charge is -2.50. The molecular weight excluding hydrogens is 594 g/mol. The lowest BCUT2D eigenvalue weighted by molar-refractivity contribution is -0.134. The highest BCUT2D eigenvalue weighted by molar-refractivity contribution is 5.94. The number of aliphatic hydroxyl groups is 3. The fourth-order valence-corrected chi connectivity index (χ4v) is 8.95. The van der Waals surface area contributed by atoms with Gasteiger partial charge in [0.1, 0.15) is 11.3 Å². The van der Waals surface area contributed by atoms with Crippen LogP contribution in [0.15, 0.2) is 71.1 Å². The Morgan fingerprint density at radius 1 is 1.11 bits per heavy atom. The number of aliphatic hydroxyl groups excluding tert-OH is 3. The maximum atomic E-state index is 12.6. The fourth-order valence-electron chi connectivity index (χ4n) is 8.95. The molecule has 1 aromatic carbocycles. The van der Waals surface area contributed by atoms with Gasteiger partial charge in [0.25, 0.3) is 0 Å². The lowest BCUT2D eigenvalue weighted by Crippen LogP contribution is -2.58. The average Bonchev–Trinajstić information content (AvgIpc) is 3.54. The minimum atomic E-state index is -0.664. The number of carbonyl (C=O) groups excluding carboxylic acids is 1. The molecule has 256 valence electrons. The van der Waals surface area contributed by atoms with Crippen molar-refractivity contribution >= 4 is 5.97 Å². The number of hydrogen-bond acceptors (Lipinski definition) is 8. The molecule has 2 fully saturated rings. The number of hydrogen-bond donors (Lipinski definition) is 3. The number of rotatable bonds is 11. The molecule has 8 atom stereocenters. The second kappa shape index (κ2) is 15.1. The van der Waals surface area contributed by atoms with Crippen LogP contribution in [0.2, 0.25) is 0 Å². The van der Waals surface area contributed by atoms with Gasteiger partial charge < -0.3 is 29.5 Å². The number of allylic oxidation sites excluding steroid dienone is 1. The zero-order valence-electron chi connectivity index (χ0n) is 28.3. The first-order valence-electron chi connectivity index (χ1n) is 17.9. The molecule has 0 spiro atoms. The molecule has 8 nitrogen and oxygen atoms in total. The van der Waals surface area contributed by atoms with Crippen molar-refractivity contribution in [3.63, 3.8) is 0 Å². The summed E-state index contributed by atoms with van der Waals surface area (Å²) in [6.07, 6.45) is 16.4. The molecule has 0 aromatic heterocycles. The molecule has 1 aliphatic carbocycles. The molecule has 8 heteroatoms. The predicted molar refractivity (Wildman–Crippen MR) is 180 cm³/mol. The number of methoxy groups -OCH3 is 1. The Morgan fingerprint density at radius 2 is 1.94 bits per heavy atom. The highest BCUT2D eigenvalue weighted by Crippen LogP contribution is 2.51. The van der Waals surface area contributed by atoms with E-state index in [0.717, 1.165) is 57.2 Å². The molecular formula is C39H53NO7. The van der Waals surface area contributed by atoms with Crippen LogP contribution >= 0.6 is 0 Å². The van der Waals surface area contributed by atoms with E-state index >= 15 is 0 Å². The minimum Gasteiger partial charge on any atom is -0.492 e. The van der Waals surface area contributed by atoms with Crippen molar-refractivity contribution in [3.05, 3.63) is 82.2 Å². The maximum absolute atomic E-state index is 12.6. The van der Waals surface area contributed by atoms with Gasteiger partial charge in [-0.05, 0) is 80.4 Å². The molecule has 5 aliphatic rings. The molecule has 4 aliphatic heterocycles. The van der Waals surface area contributed by atoms with Crippen LogP contribution in [0.3, 0.4) is 0 Å². The monoisotopic (exact) mass is 647 g/mol. The third-order valence-corrected chi connectivity index (χ3v) is 11.2. The van der Waals surface area contributed by atoms with Gasteiger partial charge in [-0.3, -0.25) is 4.90 Å². The van der Waals surface area contributed by atoms with Gasteiger partial charge in [-0.15, -0.1) is 0 Å². The van der Waals surface area contributed by atoms with Crippen molar-refractivity contribution in [2.24, 2.45) is 29.6 Å². The Labute approximate surface area is 279 Å². The normalized spacial score (nSPS) is 33.1. The number of benzene rings is 1. The smallest absolute Gasteiger partial charge is 0.345 e. The van der Waals surface area contributed by atoms with Crippen molar-refractivity contribution in [1.29, 1.82) is 0 Å². The number of cyclic esters (lactones) is 1. The summed E-state index contributed by atoms with van der Waals surface area (Å²) in [4.78, 5) is 15.1. The van der Waals surface area contributed by atoms with E-state index in [1.807, 2.05) is 0 Å². The van der Waals surface area contributed by atoms with Crippen LogP contribution in [0.1, 0.15) is 76.3 Å². The van der Waals surface area contributed by atoms with Crippen LogP contribution in [0.4, 0.5) is 0 Å². The first-order valence-corrected chi connectivity index (χ1v) is 17.9. The molecule has 0 unspecified atom stereocenters. The van der Waals surface area contributed by atoms with Gasteiger partial charge in [0, 0.05) is 30.5 Å². The third kappa shape index (κ3) is 6.98. The van der Waals surface area contributed by atoms with Crippen LogP contribution in [0.5, 0.6) is 0 Å². The summed E-state index contributed by atoms with van der Waals surface area (Å²) in [5, 5.41) is 32.9. The maximum Gasteiger partial charge on any atom is 0.345 e.